The lowest BCUT2D eigenvalue weighted by Gasteiger charge is -2.14. The Balaban J connectivity index is 1.75. The lowest BCUT2D eigenvalue weighted by molar-refractivity contribution is -0.124. The highest BCUT2D eigenvalue weighted by molar-refractivity contribution is 5.94. The second kappa shape index (κ2) is 10.1. The Morgan fingerprint density at radius 3 is 2.48 bits per heavy atom. The van der Waals surface area contributed by atoms with Crippen LogP contribution < -0.4 is 10.6 Å². The SMILES string of the molecule is CC(=O)Nc1cccc(C(=O)OCC(=O)N[C@@H](C)CCc2ccccc2)c1. The molecule has 0 heterocycles. The summed E-state index contributed by atoms with van der Waals surface area (Å²) in [7, 11) is 0. The molecule has 1 atom stereocenters. The van der Waals surface area contributed by atoms with Crippen LogP contribution in [0, 0.1) is 0 Å². The standard InChI is InChI=1S/C21H24N2O4/c1-15(11-12-17-7-4-3-5-8-17)22-20(25)14-27-21(26)18-9-6-10-19(13-18)23-16(2)24/h3-10,13,15H,11-12,14H2,1-2H3,(H,22,25)(H,23,24)/t15-/m0/s1. The van der Waals surface area contributed by atoms with Crippen molar-refractivity contribution in [1.82, 2.24) is 5.32 Å². The van der Waals surface area contributed by atoms with Crippen LogP contribution in [0.25, 0.3) is 0 Å². The average Bonchev–Trinajstić information content (AvgIpc) is 2.65. The van der Waals surface area contributed by atoms with Gasteiger partial charge in [-0.1, -0.05) is 36.4 Å². The van der Waals surface area contributed by atoms with Crippen LogP contribution in [0.1, 0.15) is 36.2 Å². The number of carbonyl (C=O) groups excluding carboxylic acids is 3. The van der Waals surface area contributed by atoms with Crippen molar-refractivity contribution in [2.24, 2.45) is 0 Å². The summed E-state index contributed by atoms with van der Waals surface area (Å²) in [5.74, 6) is -1.19. The van der Waals surface area contributed by atoms with Gasteiger partial charge in [0.05, 0.1) is 5.56 Å². The first kappa shape index (κ1) is 20.2. The summed E-state index contributed by atoms with van der Waals surface area (Å²) < 4.78 is 5.05. The Morgan fingerprint density at radius 2 is 1.78 bits per heavy atom. The molecule has 0 aromatic heterocycles. The summed E-state index contributed by atoms with van der Waals surface area (Å²) in [5, 5.41) is 5.41. The van der Waals surface area contributed by atoms with Crippen molar-refractivity contribution in [3.05, 3.63) is 65.7 Å². The van der Waals surface area contributed by atoms with E-state index >= 15 is 0 Å². The molecule has 2 aromatic carbocycles. The van der Waals surface area contributed by atoms with Crippen LogP contribution in [0.4, 0.5) is 5.69 Å². The highest BCUT2D eigenvalue weighted by Gasteiger charge is 2.13. The van der Waals surface area contributed by atoms with Gasteiger partial charge >= 0.3 is 5.97 Å². The summed E-state index contributed by atoms with van der Waals surface area (Å²) in [6.45, 7) is 2.95. The van der Waals surface area contributed by atoms with Gasteiger partial charge in [-0.3, -0.25) is 9.59 Å². The summed E-state index contributed by atoms with van der Waals surface area (Å²) in [4.78, 5) is 35.1. The quantitative estimate of drug-likeness (QED) is 0.702. The molecular formula is C21H24N2O4. The van der Waals surface area contributed by atoms with Crippen molar-refractivity contribution >= 4 is 23.5 Å². The van der Waals surface area contributed by atoms with Crippen LogP contribution in [0.3, 0.4) is 0 Å². The third-order valence-electron chi connectivity index (χ3n) is 3.87. The summed E-state index contributed by atoms with van der Waals surface area (Å²) in [6, 6.07) is 16.4. The Hall–Kier alpha value is -3.15. The minimum atomic E-state index is -0.616. The summed E-state index contributed by atoms with van der Waals surface area (Å²) in [6.07, 6.45) is 1.65. The normalized spacial score (nSPS) is 11.3. The largest absolute Gasteiger partial charge is 0.452 e. The number of rotatable bonds is 8. The molecule has 0 saturated carbocycles. The number of nitrogens with one attached hydrogen (secondary N) is 2. The molecule has 0 spiro atoms. The van der Waals surface area contributed by atoms with Crippen LogP contribution in [0.15, 0.2) is 54.6 Å². The van der Waals surface area contributed by atoms with Crippen LogP contribution in [-0.2, 0) is 20.7 Å². The van der Waals surface area contributed by atoms with Gasteiger partial charge in [-0.25, -0.2) is 4.79 Å². The van der Waals surface area contributed by atoms with E-state index in [1.165, 1.54) is 18.6 Å². The Bertz CT molecular complexity index is 790. The van der Waals surface area contributed by atoms with Crippen LogP contribution in [-0.4, -0.2) is 30.4 Å². The van der Waals surface area contributed by atoms with E-state index in [1.807, 2.05) is 37.3 Å². The minimum absolute atomic E-state index is 0.0282. The van der Waals surface area contributed by atoms with E-state index in [9.17, 15) is 14.4 Å². The van der Waals surface area contributed by atoms with Gasteiger partial charge in [-0.2, -0.15) is 0 Å². The van der Waals surface area contributed by atoms with Crippen LogP contribution in [0.2, 0.25) is 0 Å². The second-order valence-corrected chi connectivity index (χ2v) is 6.33. The van der Waals surface area contributed by atoms with E-state index in [2.05, 4.69) is 10.6 Å². The molecule has 0 saturated heterocycles. The monoisotopic (exact) mass is 368 g/mol. The molecule has 0 aliphatic rings. The molecule has 27 heavy (non-hydrogen) atoms. The topological polar surface area (TPSA) is 84.5 Å². The first-order valence-corrected chi connectivity index (χ1v) is 8.82. The lowest BCUT2D eigenvalue weighted by Crippen LogP contribution is -2.36. The molecule has 0 aliphatic heterocycles. The molecule has 2 rings (SSSR count). The first-order chi connectivity index (χ1) is 12.9. The molecule has 2 amide bonds. The third-order valence-corrected chi connectivity index (χ3v) is 3.87. The fraction of sp³-hybridized carbons (Fsp3) is 0.286. The van der Waals surface area contributed by atoms with E-state index < -0.39 is 5.97 Å². The van der Waals surface area contributed by atoms with E-state index in [0.29, 0.717) is 5.69 Å². The predicted octanol–water partition coefficient (Wildman–Crippen LogP) is 2.94. The molecule has 0 bridgehead atoms. The number of amides is 2. The molecule has 0 fully saturated rings. The van der Waals surface area contributed by atoms with Crippen molar-refractivity contribution in [2.45, 2.75) is 32.7 Å². The van der Waals surface area contributed by atoms with Crippen LogP contribution >= 0.6 is 0 Å². The van der Waals surface area contributed by atoms with E-state index in [1.54, 1.807) is 18.2 Å². The minimum Gasteiger partial charge on any atom is -0.452 e. The maximum atomic E-state index is 12.1. The van der Waals surface area contributed by atoms with Gasteiger partial charge in [0.25, 0.3) is 5.91 Å². The Kier molecular flexibility index (Phi) is 7.55. The highest BCUT2D eigenvalue weighted by Crippen LogP contribution is 2.11. The molecule has 142 valence electrons. The van der Waals surface area contributed by atoms with Gasteiger partial charge < -0.3 is 15.4 Å². The van der Waals surface area contributed by atoms with Crippen molar-refractivity contribution < 1.29 is 19.1 Å². The van der Waals surface area contributed by atoms with Crippen molar-refractivity contribution in [3.63, 3.8) is 0 Å². The number of benzene rings is 2. The van der Waals surface area contributed by atoms with Gasteiger partial charge in [-0.05, 0) is 43.5 Å². The van der Waals surface area contributed by atoms with Crippen LogP contribution in [0.5, 0.6) is 0 Å². The zero-order valence-corrected chi connectivity index (χ0v) is 15.5. The zero-order valence-electron chi connectivity index (χ0n) is 15.5. The number of hydrogen-bond donors (Lipinski definition) is 2. The highest BCUT2D eigenvalue weighted by atomic mass is 16.5. The zero-order chi connectivity index (χ0) is 19.6. The molecule has 0 aliphatic carbocycles. The molecule has 2 aromatic rings. The van der Waals surface area contributed by atoms with Gasteiger partial charge in [0, 0.05) is 18.7 Å². The fourth-order valence-corrected chi connectivity index (χ4v) is 2.56. The van der Waals surface area contributed by atoms with E-state index in [0.717, 1.165) is 12.8 Å². The fourth-order valence-electron chi connectivity index (χ4n) is 2.56. The number of hydrogen-bond acceptors (Lipinski definition) is 4. The van der Waals surface area contributed by atoms with Crippen molar-refractivity contribution in [1.29, 1.82) is 0 Å². The maximum Gasteiger partial charge on any atom is 0.338 e. The van der Waals surface area contributed by atoms with E-state index in [-0.39, 0.29) is 30.0 Å². The summed E-state index contributed by atoms with van der Waals surface area (Å²) in [5.41, 5.74) is 1.98. The number of aryl methyl sites for hydroxylation is 1. The molecule has 2 N–H and O–H groups in total. The maximum absolute atomic E-state index is 12.1. The molecule has 6 nitrogen and oxygen atoms in total. The van der Waals surface area contributed by atoms with Gasteiger partial charge in [0.15, 0.2) is 6.61 Å². The van der Waals surface area contributed by atoms with Crippen molar-refractivity contribution in [2.75, 3.05) is 11.9 Å². The number of ether oxygens (including phenoxy) is 1. The number of esters is 1. The number of anilines is 1. The average molecular weight is 368 g/mol. The van der Waals surface area contributed by atoms with Gasteiger partial charge in [0.1, 0.15) is 0 Å². The van der Waals surface area contributed by atoms with Gasteiger partial charge in [0.2, 0.25) is 5.91 Å². The van der Waals surface area contributed by atoms with Crippen molar-refractivity contribution in [3.8, 4) is 0 Å². The smallest absolute Gasteiger partial charge is 0.338 e. The van der Waals surface area contributed by atoms with Gasteiger partial charge in [-0.15, -0.1) is 0 Å². The Labute approximate surface area is 158 Å². The first-order valence-electron chi connectivity index (χ1n) is 8.82. The molecule has 0 unspecified atom stereocenters. The summed E-state index contributed by atoms with van der Waals surface area (Å²) >= 11 is 0. The molecular weight excluding hydrogens is 344 g/mol. The predicted molar refractivity (Wildman–Crippen MR) is 103 cm³/mol. The molecule has 0 radical (unpaired) electrons. The second-order valence-electron chi connectivity index (χ2n) is 6.33. The lowest BCUT2D eigenvalue weighted by atomic mass is 10.1. The third kappa shape index (κ3) is 7.32. The molecule has 6 heteroatoms. The Morgan fingerprint density at radius 1 is 1.04 bits per heavy atom. The van der Waals surface area contributed by atoms with E-state index in [4.69, 9.17) is 4.74 Å². The number of carbonyl (C=O) groups is 3.